The summed E-state index contributed by atoms with van der Waals surface area (Å²) in [4.78, 5) is 61.8. The van der Waals surface area contributed by atoms with Crippen molar-refractivity contribution in [2.24, 2.45) is 28.2 Å². The normalized spacial score (nSPS) is 20.5. The Bertz CT molecular complexity index is 812. The Morgan fingerprint density at radius 1 is 1.03 bits per heavy atom. The van der Waals surface area contributed by atoms with Gasteiger partial charge in [0, 0.05) is 16.9 Å². The van der Waals surface area contributed by atoms with Crippen molar-refractivity contribution in [1.29, 1.82) is 0 Å². The van der Waals surface area contributed by atoms with Crippen LogP contribution in [0.25, 0.3) is 0 Å². The SMILES string of the molecule is CC(C)(C)C[C@H](NC(=O)[C@@H](OC(N)=O)C(C)(C)C)C(=O)N[C@@H](C[C@@H]1CC(C)(C)NC1=O)C(N)=O. The number of carbonyl (C=O) groups is 5. The average molecular weight is 484 g/mol. The molecule has 0 aliphatic carbocycles. The number of ether oxygens (including phenoxy) is 1. The van der Waals surface area contributed by atoms with Gasteiger partial charge in [-0.25, -0.2) is 4.79 Å². The molecular weight excluding hydrogens is 442 g/mol. The van der Waals surface area contributed by atoms with Crippen LogP contribution in [0.4, 0.5) is 4.79 Å². The van der Waals surface area contributed by atoms with E-state index in [-0.39, 0.29) is 24.2 Å². The van der Waals surface area contributed by atoms with Crippen molar-refractivity contribution in [3.05, 3.63) is 0 Å². The molecule has 34 heavy (non-hydrogen) atoms. The third-order valence-electron chi connectivity index (χ3n) is 5.48. The quantitative estimate of drug-likeness (QED) is 0.321. The predicted octanol–water partition coefficient (Wildman–Crippen LogP) is 0.692. The number of primary amides is 2. The Kier molecular flexibility index (Phi) is 9.10. The minimum Gasteiger partial charge on any atom is -0.436 e. The van der Waals surface area contributed by atoms with Crippen LogP contribution in [0.1, 0.15) is 74.7 Å². The molecule has 0 aromatic heterocycles. The Balaban J connectivity index is 3.07. The number of nitrogens with two attached hydrogens (primary N) is 2. The first kappa shape index (κ1) is 29.2. The lowest BCUT2D eigenvalue weighted by molar-refractivity contribution is -0.139. The van der Waals surface area contributed by atoms with E-state index in [4.69, 9.17) is 16.2 Å². The molecule has 1 heterocycles. The van der Waals surface area contributed by atoms with Gasteiger partial charge in [-0.15, -0.1) is 0 Å². The summed E-state index contributed by atoms with van der Waals surface area (Å²) in [6.45, 7) is 14.5. The molecule has 1 fully saturated rings. The van der Waals surface area contributed by atoms with Gasteiger partial charge in [0.15, 0.2) is 6.10 Å². The minimum absolute atomic E-state index is 0.0436. The molecule has 0 spiro atoms. The predicted molar refractivity (Wildman–Crippen MR) is 126 cm³/mol. The van der Waals surface area contributed by atoms with Crippen LogP contribution >= 0.6 is 0 Å². The van der Waals surface area contributed by atoms with Crippen molar-refractivity contribution in [2.75, 3.05) is 0 Å². The summed E-state index contributed by atoms with van der Waals surface area (Å²) in [5.41, 5.74) is 9.05. The van der Waals surface area contributed by atoms with Crippen LogP contribution in [-0.4, -0.2) is 53.4 Å². The highest BCUT2D eigenvalue weighted by Crippen LogP contribution is 2.28. The summed E-state index contributed by atoms with van der Waals surface area (Å²) in [7, 11) is 0. The molecule has 11 heteroatoms. The number of hydrogen-bond donors (Lipinski definition) is 5. The summed E-state index contributed by atoms with van der Waals surface area (Å²) in [6, 6.07) is -2.15. The zero-order valence-corrected chi connectivity index (χ0v) is 21.5. The topological polar surface area (TPSA) is 183 Å². The first-order chi connectivity index (χ1) is 15.2. The minimum atomic E-state index is -1.24. The van der Waals surface area contributed by atoms with Crippen molar-refractivity contribution in [1.82, 2.24) is 16.0 Å². The van der Waals surface area contributed by atoms with Gasteiger partial charge in [-0.3, -0.25) is 19.2 Å². The molecule has 11 nitrogen and oxygen atoms in total. The number of amides is 5. The van der Waals surface area contributed by atoms with E-state index < -0.39 is 58.9 Å². The van der Waals surface area contributed by atoms with E-state index in [1.807, 2.05) is 34.6 Å². The Labute approximate surface area is 201 Å². The maximum absolute atomic E-state index is 13.2. The molecule has 1 aliphatic heterocycles. The van der Waals surface area contributed by atoms with E-state index in [0.29, 0.717) is 6.42 Å². The van der Waals surface area contributed by atoms with Crippen LogP contribution in [0, 0.1) is 16.7 Å². The lowest BCUT2D eigenvalue weighted by Crippen LogP contribution is -2.57. The molecular formula is C23H41N5O6. The number of nitrogens with one attached hydrogen (secondary N) is 3. The van der Waals surface area contributed by atoms with E-state index in [1.165, 1.54) is 0 Å². The summed E-state index contributed by atoms with van der Waals surface area (Å²) < 4.78 is 5.00. The lowest BCUT2D eigenvalue weighted by atomic mass is 9.85. The van der Waals surface area contributed by atoms with Crippen LogP contribution in [-0.2, 0) is 23.9 Å². The van der Waals surface area contributed by atoms with Gasteiger partial charge >= 0.3 is 6.09 Å². The second-order valence-corrected chi connectivity index (χ2v) is 12.0. The number of rotatable bonds is 9. The largest absolute Gasteiger partial charge is 0.436 e. The van der Waals surface area contributed by atoms with E-state index in [1.54, 1.807) is 20.8 Å². The van der Waals surface area contributed by atoms with E-state index in [9.17, 15) is 24.0 Å². The third kappa shape index (κ3) is 9.18. The summed E-state index contributed by atoms with van der Waals surface area (Å²) in [5.74, 6) is -2.80. The van der Waals surface area contributed by atoms with Crippen molar-refractivity contribution in [2.45, 2.75) is 98.4 Å². The molecule has 5 amide bonds. The zero-order valence-electron chi connectivity index (χ0n) is 21.5. The van der Waals surface area contributed by atoms with Gasteiger partial charge in [0.2, 0.25) is 17.7 Å². The first-order valence-electron chi connectivity index (χ1n) is 11.4. The zero-order chi connectivity index (χ0) is 26.6. The van der Waals surface area contributed by atoms with Gasteiger partial charge < -0.3 is 32.2 Å². The van der Waals surface area contributed by atoms with Gasteiger partial charge in [-0.2, -0.15) is 0 Å². The van der Waals surface area contributed by atoms with Gasteiger partial charge in [-0.05, 0) is 38.5 Å². The van der Waals surface area contributed by atoms with Gasteiger partial charge in [-0.1, -0.05) is 41.5 Å². The van der Waals surface area contributed by atoms with Gasteiger partial charge in [0.1, 0.15) is 12.1 Å². The monoisotopic (exact) mass is 483 g/mol. The molecule has 7 N–H and O–H groups in total. The molecule has 4 atom stereocenters. The highest BCUT2D eigenvalue weighted by Gasteiger charge is 2.41. The Morgan fingerprint density at radius 2 is 1.56 bits per heavy atom. The second kappa shape index (κ2) is 10.6. The number of hydrogen-bond acceptors (Lipinski definition) is 6. The molecule has 0 radical (unpaired) electrons. The summed E-state index contributed by atoms with van der Waals surface area (Å²) in [5, 5.41) is 8.08. The smallest absolute Gasteiger partial charge is 0.405 e. The average Bonchev–Trinajstić information content (AvgIpc) is 2.87. The number of carbonyl (C=O) groups excluding carboxylic acids is 5. The third-order valence-corrected chi connectivity index (χ3v) is 5.48. The summed E-state index contributed by atoms with van der Waals surface area (Å²) >= 11 is 0. The standard InChI is InChI=1S/C23H41N5O6/c1-21(2,3)11-14(27-19(32)15(22(4,5)6)34-20(25)33)18(31)26-13(16(24)29)9-12-10-23(7,8)28-17(12)30/h12-15H,9-11H2,1-8H3,(H2,24,29)(H2,25,33)(H,26,31)(H,27,32)(H,28,30)/t12-,13+,14+,15-/m1/s1. The lowest BCUT2D eigenvalue weighted by Gasteiger charge is -2.32. The Morgan fingerprint density at radius 3 is 1.94 bits per heavy atom. The fourth-order valence-corrected chi connectivity index (χ4v) is 4.00. The Hall–Kier alpha value is -2.85. The molecule has 0 aromatic carbocycles. The second-order valence-electron chi connectivity index (χ2n) is 12.0. The van der Waals surface area contributed by atoms with Crippen molar-refractivity contribution in [3.8, 4) is 0 Å². The highest BCUT2D eigenvalue weighted by atomic mass is 16.6. The van der Waals surface area contributed by atoms with E-state index in [2.05, 4.69) is 16.0 Å². The van der Waals surface area contributed by atoms with E-state index >= 15 is 0 Å². The fourth-order valence-electron chi connectivity index (χ4n) is 4.00. The first-order valence-corrected chi connectivity index (χ1v) is 11.4. The van der Waals surface area contributed by atoms with Crippen LogP contribution in [0.3, 0.4) is 0 Å². The van der Waals surface area contributed by atoms with Crippen molar-refractivity contribution in [3.63, 3.8) is 0 Å². The maximum Gasteiger partial charge on any atom is 0.405 e. The fraction of sp³-hybridized carbons (Fsp3) is 0.783. The maximum atomic E-state index is 13.2. The van der Waals surface area contributed by atoms with Crippen LogP contribution in [0.5, 0.6) is 0 Å². The highest BCUT2D eigenvalue weighted by molar-refractivity contribution is 5.93. The molecule has 1 aliphatic rings. The van der Waals surface area contributed by atoms with Crippen molar-refractivity contribution < 1.29 is 28.7 Å². The molecule has 0 unspecified atom stereocenters. The molecule has 0 aromatic rings. The molecule has 1 saturated heterocycles. The van der Waals surface area contributed by atoms with Crippen LogP contribution in [0.2, 0.25) is 0 Å². The summed E-state index contributed by atoms with van der Waals surface area (Å²) in [6.07, 6.45) is -1.59. The van der Waals surface area contributed by atoms with Crippen LogP contribution < -0.4 is 27.4 Å². The van der Waals surface area contributed by atoms with Crippen LogP contribution in [0.15, 0.2) is 0 Å². The molecule has 194 valence electrons. The van der Waals surface area contributed by atoms with Crippen molar-refractivity contribution >= 4 is 29.7 Å². The van der Waals surface area contributed by atoms with Gasteiger partial charge in [0.05, 0.1) is 0 Å². The van der Waals surface area contributed by atoms with E-state index in [0.717, 1.165) is 0 Å². The molecule has 0 saturated carbocycles. The van der Waals surface area contributed by atoms with Gasteiger partial charge in [0.25, 0.3) is 5.91 Å². The molecule has 0 bridgehead atoms. The molecule has 1 rings (SSSR count).